The molecule has 4 aromatic rings. The zero-order valence-electron chi connectivity index (χ0n) is 12.3. The summed E-state index contributed by atoms with van der Waals surface area (Å²) in [6, 6.07) is 17.8. The smallest absolute Gasteiger partial charge is 0.292 e. The fraction of sp³-hybridized carbons (Fsp3) is 0. The number of hydrogen-bond acceptors (Lipinski definition) is 4. The number of nitro groups is 1. The molecule has 24 heavy (non-hydrogen) atoms. The van der Waals surface area contributed by atoms with E-state index in [1.54, 1.807) is 0 Å². The van der Waals surface area contributed by atoms with Crippen molar-refractivity contribution in [3.8, 4) is 0 Å². The third-order valence-electron chi connectivity index (χ3n) is 3.83. The van der Waals surface area contributed by atoms with Crippen LogP contribution in [0.25, 0.3) is 21.9 Å². The van der Waals surface area contributed by atoms with Crippen LogP contribution < -0.4 is 5.32 Å². The van der Waals surface area contributed by atoms with Crippen molar-refractivity contribution in [2.45, 2.75) is 0 Å². The molecule has 0 atom stereocenters. The number of fused-ring (bicyclic) bond motifs is 3. The number of para-hydroxylation sites is 2. The molecular formula is C18H11ClN2O3. The molecule has 0 aliphatic rings. The average Bonchev–Trinajstić information content (AvgIpc) is 2.94. The van der Waals surface area contributed by atoms with Crippen LogP contribution >= 0.6 is 11.6 Å². The summed E-state index contributed by atoms with van der Waals surface area (Å²) < 4.78 is 5.92. The van der Waals surface area contributed by atoms with Crippen molar-refractivity contribution < 1.29 is 9.34 Å². The average molecular weight is 339 g/mol. The van der Waals surface area contributed by atoms with Gasteiger partial charge in [0.2, 0.25) is 0 Å². The second-order valence-corrected chi connectivity index (χ2v) is 5.76. The molecule has 0 amide bonds. The number of halogens is 1. The van der Waals surface area contributed by atoms with Crippen molar-refractivity contribution in [3.05, 3.63) is 75.8 Å². The number of hydrogen-bond donors (Lipinski definition) is 1. The number of nitro benzene ring substituents is 1. The van der Waals surface area contributed by atoms with Gasteiger partial charge in [0.25, 0.3) is 5.69 Å². The molecule has 1 aromatic heterocycles. The first-order chi connectivity index (χ1) is 11.6. The first-order valence-electron chi connectivity index (χ1n) is 7.25. The van der Waals surface area contributed by atoms with Gasteiger partial charge in [0.15, 0.2) is 5.58 Å². The normalized spacial score (nSPS) is 11.0. The number of furan rings is 1. The highest BCUT2D eigenvalue weighted by molar-refractivity contribution is 6.31. The Morgan fingerprint density at radius 3 is 2.58 bits per heavy atom. The second-order valence-electron chi connectivity index (χ2n) is 5.32. The van der Waals surface area contributed by atoms with E-state index in [-0.39, 0.29) is 5.69 Å². The number of rotatable bonds is 3. The van der Waals surface area contributed by atoms with E-state index in [0.29, 0.717) is 22.0 Å². The van der Waals surface area contributed by atoms with Gasteiger partial charge in [0.1, 0.15) is 11.3 Å². The van der Waals surface area contributed by atoms with Crippen molar-refractivity contribution in [2.75, 3.05) is 5.32 Å². The Hall–Kier alpha value is -3.05. The third-order valence-corrected chi connectivity index (χ3v) is 4.06. The van der Waals surface area contributed by atoms with Crippen LogP contribution in [0.4, 0.5) is 17.1 Å². The van der Waals surface area contributed by atoms with Crippen LogP contribution in [0.3, 0.4) is 0 Å². The van der Waals surface area contributed by atoms with Crippen LogP contribution in [0.5, 0.6) is 0 Å². The lowest BCUT2D eigenvalue weighted by Crippen LogP contribution is -1.97. The van der Waals surface area contributed by atoms with Gasteiger partial charge in [-0.15, -0.1) is 0 Å². The lowest BCUT2D eigenvalue weighted by Gasteiger charge is -2.08. The summed E-state index contributed by atoms with van der Waals surface area (Å²) in [6.07, 6.45) is 0. The molecule has 0 saturated carbocycles. The van der Waals surface area contributed by atoms with Gasteiger partial charge in [0.05, 0.1) is 10.6 Å². The predicted molar refractivity (Wildman–Crippen MR) is 95.1 cm³/mol. The summed E-state index contributed by atoms with van der Waals surface area (Å²) in [5, 5.41) is 16.7. The van der Waals surface area contributed by atoms with Crippen LogP contribution in [0.2, 0.25) is 5.02 Å². The van der Waals surface area contributed by atoms with E-state index in [2.05, 4.69) is 5.32 Å². The van der Waals surface area contributed by atoms with Gasteiger partial charge in [-0.25, -0.2) is 0 Å². The van der Waals surface area contributed by atoms with E-state index < -0.39 is 4.92 Å². The summed E-state index contributed by atoms with van der Waals surface area (Å²) in [5.74, 6) is 0. The summed E-state index contributed by atoms with van der Waals surface area (Å²) in [6.45, 7) is 0. The molecule has 5 nitrogen and oxygen atoms in total. The van der Waals surface area contributed by atoms with Crippen LogP contribution in [-0.4, -0.2) is 4.92 Å². The van der Waals surface area contributed by atoms with Crippen molar-refractivity contribution in [1.82, 2.24) is 0 Å². The minimum Gasteiger partial charge on any atom is -0.454 e. The Bertz CT molecular complexity index is 1090. The predicted octanol–water partition coefficient (Wildman–Crippen LogP) is 5.89. The summed E-state index contributed by atoms with van der Waals surface area (Å²) >= 11 is 5.98. The second kappa shape index (κ2) is 5.54. The molecule has 0 spiro atoms. The van der Waals surface area contributed by atoms with E-state index in [4.69, 9.17) is 16.0 Å². The number of nitrogens with zero attached hydrogens (tertiary/aromatic N) is 1. The quantitative estimate of drug-likeness (QED) is 0.373. The van der Waals surface area contributed by atoms with Gasteiger partial charge in [-0.05, 0) is 24.3 Å². The highest BCUT2D eigenvalue weighted by Crippen LogP contribution is 2.37. The van der Waals surface area contributed by atoms with E-state index >= 15 is 0 Å². The van der Waals surface area contributed by atoms with Crippen molar-refractivity contribution in [3.63, 3.8) is 0 Å². The summed E-state index contributed by atoms with van der Waals surface area (Å²) in [5.41, 5.74) is 2.33. The standard InChI is InChI=1S/C18H11ClN2O3/c19-11-8-9-16(21(22)23)15(10-11)20-14-6-3-5-13-12-4-1-2-7-17(12)24-18(13)14/h1-10,20H. The van der Waals surface area contributed by atoms with Crippen LogP contribution in [0.15, 0.2) is 65.1 Å². The van der Waals surface area contributed by atoms with E-state index in [1.807, 2.05) is 42.5 Å². The molecule has 4 rings (SSSR count). The lowest BCUT2D eigenvalue weighted by molar-refractivity contribution is -0.383. The molecule has 1 N–H and O–H groups in total. The zero-order chi connectivity index (χ0) is 16.7. The van der Waals surface area contributed by atoms with E-state index in [0.717, 1.165) is 16.4 Å². The summed E-state index contributed by atoms with van der Waals surface area (Å²) in [4.78, 5) is 10.8. The molecule has 6 heteroatoms. The number of anilines is 2. The topological polar surface area (TPSA) is 68.3 Å². The lowest BCUT2D eigenvalue weighted by atomic mass is 10.1. The number of nitrogens with one attached hydrogen (secondary N) is 1. The molecule has 0 aliphatic carbocycles. The maximum atomic E-state index is 11.2. The first kappa shape index (κ1) is 14.5. The van der Waals surface area contributed by atoms with Gasteiger partial charge >= 0.3 is 0 Å². The Kier molecular flexibility index (Phi) is 3.36. The monoisotopic (exact) mass is 338 g/mol. The molecule has 0 saturated heterocycles. The minimum absolute atomic E-state index is 0.0486. The molecule has 0 bridgehead atoms. The molecule has 0 aliphatic heterocycles. The zero-order valence-corrected chi connectivity index (χ0v) is 13.1. The molecule has 0 fully saturated rings. The van der Waals surface area contributed by atoms with Gasteiger partial charge in [-0.2, -0.15) is 0 Å². The third kappa shape index (κ3) is 2.35. The number of benzene rings is 3. The van der Waals surface area contributed by atoms with E-state index in [1.165, 1.54) is 18.2 Å². The van der Waals surface area contributed by atoms with Gasteiger partial charge in [-0.1, -0.05) is 41.9 Å². The Morgan fingerprint density at radius 1 is 0.958 bits per heavy atom. The fourth-order valence-electron chi connectivity index (χ4n) is 2.76. The minimum atomic E-state index is -0.447. The van der Waals surface area contributed by atoms with Crippen LogP contribution in [0, 0.1) is 10.1 Å². The Balaban J connectivity index is 1.89. The Morgan fingerprint density at radius 2 is 1.75 bits per heavy atom. The van der Waals surface area contributed by atoms with Gasteiger partial charge in [0, 0.05) is 21.9 Å². The molecule has 118 valence electrons. The largest absolute Gasteiger partial charge is 0.454 e. The van der Waals surface area contributed by atoms with Crippen LogP contribution in [-0.2, 0) is 0 Å². The van der Waals surface area contributed by atoms with Crippen LogP contribution in [0.1, 0.15) is 0 Å². The van der Waals surface area contributed by atoms with Gasteiger partial charge < -0.3 is 9.73 Å². The first-order valence-corrected chi connectivity index (χ1v) is 7.62. The Labute approximate surface area is 141 Å². The van der Waals surface area contributed by atoms with Gasteiger partial charge in [-0.3, -0.25) is 10.1 Å². The molecule has 0 radical (unpaired) electrons. The van der Waals surface area contributed by atoms with E-state index in [9.17, 15) is 10.1 Å². The fourth-order valence-corrected chi connectivity index (χ4v) is 2.93. The maximum Gasteiger partial charge on any atom is 0.292 e. The van der Waals surface area contributed by atoms with Crippen molar-refractivity contribution >= 4 is 50.6 Å². The SMILES string of the molecule is O=[N+]([O-])c1ccc(Cl)cc1Nc1cccc2c1oc1ccccc12. The molecular weight excluding hydrogens is 328 g/mol. The molecule has 0 unspecified atom stereocenters. The van der Waals surface area contributed by atoms with Crippen molar-refractivity contribution in [1.29, 1.82) is 0 Å². The molecule has 3 aromatic carbocycles. The summed E-state index contributed by atoms with van der Waals surface area (Å²) in [7, 11) is 0. The maximum absolute atomic E-state index is 11.2. The highest BCUT2D eigenvalue weighted by Gasteiger charge is 2.16. The highest BCUT2D eigenvalue weighted by atomic mass is 35.5. The molecule has 1 heterocycles. The van der Waals surface area contributed by atoms with Crippen molar-refractivity contribution in [2.24, 2.45) is 0 Å².